The van der Waals surface area contributed by atoms with Crippen molar-refractivity contribution in [3.8, 4) is 0 Å². The van der Waals surface area contributed by atoms with Gasteiger partial charge in [0.2, 0.25) is 0 Å². The predicted molar refractivity (Wildman–Crippen MR) is 205 cm³/mol. The Kier molecular flexibility index (Phi) is 8.91. The summed E-state index contributed by atoms with van der Waals surface area (Å²) in [6, 6.07) is 54.2. The van der Waals surface area contributed by atoms with Gasteiger partial charge in [-0.15, -0.1) is 0 Å². The van der Waals surface area contributed by atoms with E-state index >= 15 is 0 Å². The second-order valence-corrected chi connectivity index (χ2v) is 13.8. The summed E-state index contributed by atoms with van der Waals surface area (Å²) in [5.74, 6) is 0. The summed E-state index contributed by atoms with van der Waals surface area (Å²) in [7, 11) is 0. The highest BCUT2D eigenvalue weighted by Crippen LogP contribution is 2.47. The number of benzene rings is 6. The average Bonchev–Trinajstić information content (AvgIpc) is 3.10. The van der Waals surface area contributed by atoms with Gasteiger partial charge in [-0.05, 0) is 147 Å². The topological polar surface area (TPSA) is 6.48 Å². The van der Waals surface area contributed by atoms with Crippen LogP contribution in [0, 0.1) is 27.7 Å². The van der Waals surface area contributed by atoms with Crippen LogP contribution in [0.15, 0.2) is 146 Å². The molecular formula is C46H46N2. The molecule has 0 amide bonds. The Balaban J connectivity index is 1.27. The molecular weight excluding hydrogens is 581 g/mol. The third kappa shape index (κ3) is 6.40. The summed E-state index contributed by atoms with van der Waals surface area (Å²) in [6.07, 6.45) is 6.15. The Morgan fingerprint density at radius 1 is 0.354 bits per heavy atom. The fourth-order valence-corrected chi connectivity index (χ4v) is 7.72. The highest BCUT2D eigenvalue weighted by atomic mass is 15.1. The normalized spacial score (nSPS) is 14.0. The molecule has 6 aromatic rings. The molecule has 240 valence electrons. The van der Waals surface area contributed by atoms with Crippen molar-refractivity contribution in [2.45, 2.75) is 65.2 Å². The van der Waals surface area contributed by atoms with Crippen LogP contribution in [-0.2, 0) is 5.41 Å². The van der Waals surface area contributed by atoms with Crippen LogP contribution in [0.2, 0.25) is 0 Å². The summed E-state index contributed by atoms with van der Waals surface area (Å²) >= 11 is 0. The lowest BCUT2D eigenvalue weighted by Crippen LogP contribution is -2.30. The largest absolute Gasteiger partial charge is 0.310 e. The third-order valence-corrected chi connectivity index (χ3v) is 10.1. The molecule has 7 rings (SSSR count). The quantitative estimate of drug-likeness (QED) is 0.166. The summed E-state index contributed by atoms with van der Waals surface area (Å²) in [6.45, 7) is 8.67. The van der Waals surface area contributed by atoms with Crippen LogP contribution in [0.5, 0.6) is 0 Å². The predicted octanol–water partition coefficient (Wildman–Crippen LogP) is 13.1. The fourth-order valence-electron chi connectivity index (χ4n) is 7.72. The Hall–Kier alpha value is -5.08. The van der Waals surface area contributed by atoms with Gasteiger partial charge in [-0.2, -0.15) is 0 Å². The highest BCUT2D eigenvalue weighted by Gasteiger charge is 2.36. The van der Waals surface area contributed by atoms with Crippen molar-refractivity contribution in [3.05, 3.63) is 179 Å². The Bertz CT molecular complexity index is 1770. The number of nitrogens with zero attached hydrogens (tertiary/aromatic N) is 2. The summed E-state index contributed by atoms with van der Waals surface area (Å²) in [5.41, 5.74) is 15.0. The van der Waals surface area contributed by atoms with Crippen LogP contribution in [0.3, 0.4) is 0 Å². The number of aryl methyl sites for hydroxylation is 4. The van der Waals surface area contributed by atoms with Gasteiger partial charge in [-0.3, -0.25) is 0 Å². The standard InChI is InChI=1S/C46H46N2/c1-34-12-8-16-42(30-34)47(43-17-9-13-35(2)31-43)40-24-20-38(21-25-40)46(28-6-5-7-29-46)39-22-26-41(27-23-39)48(44-18-10-14-36(3)32-44)45-19-11-15-37(4)33-45/h8-27,30-33H,5-7,28-29H2,1-4H3. The van der Waals surface area contributed by atoms with Crippen molar-refractivity contribution >= 4 is 34.1 Å². The molecule has 0 bridgehead atoms. The molecule has 1 saturated carbocycles. The molecule has 0 atom stereocenters. The fraction of sp³-hybridized carbons (Fsp3) is 0.217. The Labute approximate surface area is 287 Å². The first-order valence-electron chi connectivity index (χ1n) is 17.5. The second kappa shape index (κ2) is 13.6. The smallest absolute Gasteiger partial charge is 0.0464 e. The number of hydrogen-bond acceptors (Lipinski definition) is 2. The van der Waals surface area contributed by atoms with E-state index < -0.39 is 0 Å². The van der Waals surface area contributed by atoms with Crippen LogP contribution in [-0.4, -0.2) is 0 Å². The van der Waals surface area contributed by atoms with Gasteiger partial charge in [0.1, 0.15) is 0 Å². The minimum atomic E-state index is 0.00428. The summed E-state index contributed by atoms with van der Waals surface area (Å²) in [5, 5.41) is 0. The van der Waals surface area contributed by atoms with Gasteiger partial charge in [0.05, 0.1) is 0 Å². The molecule has 0 saturated heterocycles. The molecule has 1 aliphatic rings. The third-order valence-electron chi connectivity index (χ3n) is 10.1. The van der Waals surface area contributed by atoms with E-state index in [1.54, 1.807) is 0 Å². The van der Waals surface area contributed by atoms with Gasteiger partial charge < -0.3 is 9.80 Å². The lowest BCUT2D eigenvalue weighted by molar-refractivity contribution is 0.346. The first-order valence-corrected chi connectivity index (χ1v) is 17.5. The lowest BCUT2D eigenvalue weighted by Gasteiger charge is -2.39. The molecule has 0 aromatic heterocycles. The van der Waals surface area contributed by atoms with Crippen molar-refractivity contribution in [3.63, 3.8) is 0 Å². The van der Waals surface area contributed by atoms with Gasteiger partial charge in [0.15, 0.2) is 0 Å². The van der Waals surface area contributed by atoms with E-state index in [0.717, 1.165) is 0 Å². The van der Waals surface area contributed by atoms with E-state index in [1.807, 2.05) is 0 Å². The number of anilines is 6. The van der Waals surface area contributed by atoms with Gasteiger partial charge in [-0.25, -0.2) is 0 Å². The zero-order valence-corrected chi connectivity index (χ0v) is 28.8. The molecule has 0 spiro atoms. The first-order chi connectivity index (χ1) is 23.4. The van der Waals surface area contributed by atoms with E-state index in [0.29, 0.717) is 0 Å². The first kappa shape index (κ1) is 31.5. The monoisotopic (exact) mass is 626 g/mol. The van der Waals surface area contributed by atoms with E-state index in [-0.39, 0.29) is 5.41 Å². The SMILES string of the molecule is Cc1cccc(N(c2ccc(C3(c4ccc(N(c5cccc(C)c5)c5cccc(C)c5)cc4)CCCCC3)cc2)c2cccc(C)c2)c1. The maximum absolute atomic E-state index is 2.40. The van der Waals surface area contributed by atoms with Gasteiger partial charge in [0.25, 0.3) is 0 Å². The van der Waals surface area contributed by atoms with E-state index in [9.17, 15) is 0 Å². The zero-order chi connectivity index (χ0) is 33.1. The maximum atomic E-state index is 2.40. The van der Waals surface area contributed by atoms with Crippen molar-refractivity contribution in [2.75, 3.05) is 9.80 Å². The average molecular weight is 627 g/mol. The zero-order valence-electron chi connectivity index (χ0n) is 28.8. The van der Waals surface area contributed by atoms with E-state index in [1.165, 1.54) is 99.6 Å². The van der Waals surface area contributed by atoms with Crippen LogP contribution >= 0.6 is 0 Å². The molecule has 0 radical (unpaired) electrons. The van der Waals surface area contributed by atoms with Crippen molar-refractivity contribution in [1.29, 1.82) is 0 Å². The molecule has 1 fully saturated rings. The molecule has 2 nitrogen and oxygen atoms in total. The Morgan fingerprint density at radius 3 is 0.958 bits per heavy atom. The minimum Gasteiger partial charge on any atom is -0.310 e. The van der Waals surface area contributed by atoms with Crippen molar-refractivity contribution in [1.82, 2.24) is 0 Å². The maximum Gasteiger partial charge on any atom is 0.0464 e. The van der Waals surface area contributed by atoms with Crippen molar-refractivity contribution < 1.29 is 0 Å². The van der Waals surface area contributed by atoms with Crippen molar-refractivity contribution in [2.24, 2.45) is 0 Å². The molecule has 0 N–H and O–H groups in total. The van der Waals surface area contributed by atoms with E-state index in [4.69, 9.17) is 0 Å². The van der Waals surface area contributed by atoms with Crippen LogP contribution in [0.4, 0.5) is 34.1 Å². The minimum absolute atomic E-state index is 0.00428. The van der Waals surface area contributed by atoms with Gasteiger partial charge >= 0.3 is 0 Å². The lowest BCUT2D eigenvalue weighted by atomic mass is 9.65. The van der Waals surface area contributed by atoms with Gasteiger partial charge in [-0.1, -0.05) is 92.1 Å². The number of rotatable bonds is 8. The van der Waals surface area contributed by atoms with Gasteiger partial charge in [0, 0.05) is 39.5 Å². The molecule has 0 unspecified atom stereocenters. The molecule has 48 heavy (non-hydrogen) atoms. The summed E-state index contributed by atoms with van der Waals surface area (Å²) < 4.78 is 0. The number of hydrogen-bond donors (Lipinski definition) is 0. The second-order valence-electron chi connectivity index (χ2n) is 13.8. The van der Waals surface area contributed by atoms with Crippen LogP contribution in [0.25, 0.3) is 0 Å². The highest BCUT2D eigenvalue weighted by molar-refractivity contribution is 5.78. The molecule has 1 aliphatic carbocycles. The van der Waals surface area contributed by atoms with E-state index in [2.05, 4.69) is 183 Å². The van der Waals surface area contributed by atoms with Crippen LogP contribution < -0.4 is 9.80 Å². The summed E-state index contributed by atoms with van der Waals surface area (Å²) in [4.78, 5) is 4.77. The molecule has 0 aliphatic heterocycles. The van der Waals surface area contributed by atoms with Crippen LogP contribution in [0.1, 0.15) is 65.5 Å². The molecule has 2 heteroatoms. The Morgan fingerprint density at radius 2 is 0.667 bits per heavy atom. The molecule has 6 aromatic carbocycles. The molecule has 0 heterocycles.